The summed E-state index contributed by atoms with van der Waals surface area (Å²) in [5, 5.41) is 5.39. The van der Waals surface area contributed by atoms with E-state index >= 15 is 0 Å². The van der Waals surface area contributed by atoms with Crippen molar-refractivity contribution in [3.63, 3.8) is 0 Å². The normalized spacial score (nSPS) is 14.3. The molecule has 0 unspecified atom stereocenters. The van der Waals surface area contributed by atoms with Crippen LogP contribution in [0.2, 0.25) is 0 Å². The van der Waals surface area contributed by atoms with E-state index in [0.29, 0.717) is 0 Å². The van der Waals surface area contributed by atoms with Crippen LogP contribution in [0.5, 0.6) is 0 Å². The number of benzene rings is 4. The standard InChI is InChI=1S/C24H21N/c1-2-25-15-19-13-11-17-7-3-5-9-21(17)23(19)24-20(16-25)14-12-18-8-4-6-10-22(18)24/h3-14H,2,15-16H2,1H3. The monoisotopic (exact) mass is 323 g/mol. The second-order valence-corrected chi connectivity index (χ2v) is 6.94. The number of hydrogen-bond acceptors (Lipinski definition) is 1. The van der Waals surface area contributed by atoms with E-state index in [4.69, 9.17) is 0 Å². The van der Waals surface area contributed by atoms with Crippen LogP contribution in [0.1, 0.15) is 18.1 Å². The Labute approximate surface area is 148 Å². The van der Waals surface area contributed by atoms with E-state index in [1.165, 1.54) is 43.8 Å². The first-order valence-corrected chi connectivity index (χ1v) is 9.09. The summed E-state index contributed by atoms with van der Waals surface area (Å²) < 4.78 is 0. The molecule has 1 aliphatic heterocycles. The first kappa shape index (κ1) is 14.7. The molecule has 1 nitrogen and oxygen atoms in total. The van der Waals surface area contributed by atoms with Crippen molar-refractivity contribution in [2.24, 2.45) is 0 Å². The van der Waals surface area contributed by atoms with Crippen molar-refractivity contribution in [1.29, 1.82) is 0 Å². The average molecular weight is 323 g/mol. The van der Waals surface area contributed by atoms with Gasteiger partial charge in [0, 0.05) is 13.1 Å². The van der Waals surface area contributed by atoms with E-state index in [9.17, 15) is 0 Å². The minimum atomic E-state index is 1.01. The maximum atomic E-state index is 2.54. The van der Waals surface area contributed by atoms with Crippen LogP contribution in [-0.2, 0) is 13.1 Å². The smallest absolute Gasteiger partial charge is 0.0243 e. The van der Waals surface area contributed by atoms with Gasteiger partial charge >= 0.3 is 0 Å². The summed E-state index contributed by atoms with van der Waals surface area (Å²) in [6.45, 7) is 5.35. The Morgan fingerprint density at radius 2 is 1.12 bits per heavy atom. The van der Waals surface area contributed by atoms with Crippen LogP contribution in [0, 0.1) is 0 Å². The summed E-state index contributed by atoms with van der Waals surface area (Å²) in [6, 6.07) is 26.8. The molecule has 0 saturated carbocycles. The van der Waals surface area contributed by atoms with Crippen molar-refractivity contribution in [3.05, 3.63) is 83.9 Å². The fourth-order valence-corrected chi connectivity index (χ4v) is 4.25. The summed E-state index contributed by atoms with van der Waals surface area (Å²) in [7, 11) is 0. The summed E-state index contributed by atoms with van der Waals surface area (Å²) in [5.41, 5.74) is 5.74. The van der Waals surface area contributed by atoms with Gasteiger partial charge in [-0.2, -0.15) is 0 Å². The van der Waals surface area contributed by atoms with E-state index in [1.54, 1.807) is 0 Å². The molecule has 4 aromatic rings. The molecule has 4 aromatic carbocycles. The van der Waals surface area contributed by atoms with Gasteiger partial charge < -0.3 is 0 Å². The summed E-state index contributed by atoms with van der Waals surface area (Å²) in [4.78, 5) is 2.54. The fourth-order valence-electron chi connectivity index (χ4n) is 4.25. The van der Waals surface area contributed by atoms with Gasteiger partial charge in [-0.25, -0.2) is 0 Å². The number of rotatable bonds is 1. The van der Waals surface area contributed by atoms with E-state index in [2.05, 4.69) is 84.6 Å². The molecule has 25 heavy (non-hydrogen) atoms. The molecule has 1 aliphatic rings. The minimum Gasteiger partial charge on any atom is -0.295 e. The van der Waals surface area contributed by atoms with Gasteiger partial charge in [-0.3, -0.25) is 4.90 Å². The Morgan fingerprint density at radius 3 is 1.60 bits per heavy atom. The van der Waals surface area contributed by atoms with E-state index in [1.807, 2.05) is 0 Å². The SMILES string of the molecule is CCN1Cc2ccc3ccccc3c2-c2c(ccc3ccccc23)C1. The van der Waals surface area contributed by atoms with Crippen LogP contribution in [0.15, 0.2) is 72.8 Å². The van der Waals surface area contributed by atoms with E-state index in [0.717, 1.165) is 19.6 Å². The summed E-state index contributed by atoms with van der Waals surface area (Å²) in [5.74, 6) is 0. The predicted molar refractivity (Wildman–Crippen MR) is 107 cm³/mol. The molecule has 0 atom stereocenters. The predicted octanol–water partition coefficient (Wildman–Crippen LogP) is 6.00. The highest BCUT2D eigenvalue weighted by Crippen LogP contribution is 2.41. The Balaban J connectivity index is 1.97. The van der Waals surface area contributed by atoms with Crippen LogP contribution in [0.3, 0.4) is 0 Å². The molecule has 0 bridgehead atoms. The maximum absolute atomic E-state index is 2.54. The van der Waals surface area contributed by atoms with Crippen molar-refractivity contribution in [2.75, 3.05) is 6.54 Å². The minimum absolute atomic E-state index is 1.01. The lowest BCUT2D eigenvalue weighted by Crippen LogP contribution is -2.21. The molecule has 5 rings (SSSR count). The summed E-state index contributed by atoms with van der Waals surface area (Å²) in [6.07, 6.45) is 0. The zero-order chi connectivity index (χ0) is 16.8. The molecular weight excluding hydrogens is 302 g/mol. The van der Waals surface area contributed by atoms with Gasteiger partial charge in [-0.05, 0) is 50.3 Å². The second kappa shape index (κ2) is 5.72. The molecule has 0 radical (unpaired) electrons. The van der Waals surface area contributed by atoms with Crippen molar-refractivity contribution in [1.82, 2.24) is 4.90 Å². The highest BCUT2D eigenvalue weighted by Gasteiger charge is 2.22. The first-order chi connectivity index (χ1) is 12.3. The molecule has 122 valence electrons. The van der Waals surface area contributed by atoms with Crippen molar-refractivity contribution < 1.29 is 0 Å². The molecule has 1 heterocycles. The Morgan fingerprint density at radius 1 is 0.640 bits per heavy atom. The molecule has 0 spiro atoms. The lowest BCUT2D eigenvalue weighted by atomic mass is 9.88. The third-order valence-electron chi connectivity index (χ3n) is 5.52. The van der Waals surface area contributed by atoms with Gasteiger partial charge in [0.1, 0.15) is 0 Å². The zero-order valence-electron chi connectivity index (χ0n) is 14.5. The van der Waals surface area contributed by atoms with Crippen molar-refractivity contribution in [2.45, 2.75) is 20.0 Å². The second-order valence-electron chi connectivity index (χ2n) is 6.94. The van der Waals surface area contributed by atoms with Crippen LogP contribution >= 0.6 is 0 Å². The number of nitrogens with zero attached hydrogens (tertiary/aromatic N) is 1. The van der Waals surface area contributed by atoms with Crippen LogP contribution < -0.4 is 0 Å². The Kier molecular flexibility index (Phi) is 3.36. The highest BCUT2D eigenvalue weighted by atomic mass is 15.1. The summed E-state index contributed by atoms with van der Waals surface area (Å²) >= 11 is 0. The third kappa shape index (κ3) is 2.27. The van der Waals surface area contributed by atoms with Gasteiger partial charge in [-0.15, -0.1) is 0 Å². The average Bonchev–Trinajstić information content (AvgIpc) is 2.84. The highest BCUT2D eigenvalue weighted by molar-refractivity contribution is 6.08. The molecule has 0 aromatic heterocycles. The van der Waals surface area contributed by atoms with Gasteiger partial charge in [0.15, 0.2) is 0 Å². The molecule has 0 aliphatic carbocycles. The van der Waals surface area contributed by atoms with Crippen LogP contribution in [0.25, 0.3) is 32.7 Å². The topological polar surface area (TPSA) is 3.24 Å². The van der Waals surface area contributed by atoms with Crippen LogP contribution in [0.4, 0.5) is 0 Å². The molecule has 1 heteroatoms. The largest absolute Gasteiger partial charge is 0.295 e. The van der Waals surface area contributed by atoms with Crippen molar-refractivity contribution >= 4 is 21.5 Å². The molecule has 0 fully saturated rings. The van der Waals surface area contributed by atoms with Gasteiger partial charge in [0.05, 0.1) is 0 Å². The molecule has 0 N–H and O–H groups in total. The Hall–Kier alpha value is -2.64. The maximum Gasteiger partial charge on any atom is 0.0243 e. The molecule has 0 saturated heterocycles. The third-order valence-corrected chi connectivity index (χ3v) is 5.52. The van der Waals surface area contributed by atoms with Crippen molar-refractivity contribution in [3.8, 4) is 11.1 Å². The lowest BCUT2D eigenvalue weighted by Gasteiger charge is -2.18. The number of hydrogen-bond donors (Lipinski definition) is 0. The number of fused-ring (bicyclic) bond motifs is 7. The zero-order valence-corrected chi connectivity index (χ0v) is 14.5. The first-order valence-electron chi connectivity index (χ1n) is 9.09. The fraction of sp³-hybridized carbons (Fsp3) is 0.167. The van der Waals surface area contributed by atoms with Gasteiger partial charge in [-0.1, -0.05) is 79.7 Å². The quantitative estimate of drug-likeness (QED) is 0.415. The molecule has 0 amide bonds. The van der Waals surface area contributed by atoms with Gasteiger partial charge in [0.25, 0.3) is 0 Å². The lowest BCUT2D eigenvalue weighted by molar-refractivity contribution is 0.274. The molecular formula is C24H21N. The van der Waals surface area contributed by atoms with E-state index in [-0.39, 0.29) is 0 Å². The van der Waals surface area contributed by atoms with E-state index < -0.39 is 0 Å². The Bertz CT molecular complexity index is 1010. The van der Waals surface area contributed by atoms with Crippen LogP contribution in [-0.4, -0.2) is 11.4 Å². The van der Waals surface area contributed by atoms with Gasteiger partial charge in [0.2, 0.25) is 0 Å².